The number of carboxylic acids is 1. The molecule has 0 aromatic carbocycles. The Hall–Kier alpha value is -3.27. The van der Waals surface area contributed by atoms with E-state index in [1.165, 1.54) is 19.4 Å². The van der Waals surface area contributed by atoms with E-state index >= 15 is 0 Å². The van der Waals surface area contributed by atoms with Crippen LogP contribution in [0.2, 0.25) is 5.15 Å². The number of halogens is 1. The number of aromatic nitrogens is 6. The number of carbonyl (C=O) groups is 1. The SMILES string of the molecule is COc1c(Nc2cc(Cl)nnc2C(=O)O)cncc1-c1ncn(C)n1. The largest absolute Gasteiger partial charge is 0.494 e. The number of rotatable bonds is 5. The third-order valence-corrected chi connectivity index (χ3v) is 3.36. The van der Waals surface area contributed by atoms with Gasteiger partial charge < -0.3 is 15.2 Å². The third-order valence-electron chi connectivity index (χ3n) is 3.18. The van der Waals surface area contributed by atoms with Crippen LogP contribution in [0.5, 0.6) is 5.75 Å². The highest BCUT2D eigenvalue weighted by Crippen LogP contribution is 2.36. The molecule has 0 atom stereocenters. The zero-order valence-electron chi connectivity index (χ0n) is 13.1. The summed E-state index contributed by atoms with van der Waals surface area (Å²) >= 11 is 5.82. The molecule has 0 bridgehead atoms. The van der Waals surface area contributed by atoms with Crippen LogP contribution in [0.15, 0.2) is 24.8 Å². The van der Waals surface area contributed by atoms with Crippen molar-refractivity contribution in [3.05, 3.63) is 35.6 Å². The standard InChI is InChI=1S/C14H12ClN7O3/c1-22-6-17-13(21-22)7-4-16-5-9(12(7)25-2)18-8-3-10(15)19-20-11(8)14(23)24/h3-6H,1-2H3,(H,18,19)(H,23,24). The Labute approximate surface area is 146 Å². The minimum atomic E-state index is -1.25. The van der Waals surface area contributed by atoms with Gasteiger partial charge in [0.15, 0.2) is 22.4 Å². The van der Waals surface area contributed by atoms with Crippen molar-refractivity contribution in [1.29, 1.82) is 0 Å². The number of hydrogen-bond donors (Lipinski definition) is 2. The fourth-order valence-corrected chi connectivity index (χ4v) is 2.29. The maximum absolute atomic E-state index is 11.3. The van der Waals surface area contributed by atoms with Crippen LogP contribution in [0.1, 0.15) is 10.5 Å². The predicted molar refractivity (Wildman–Crippen MR) is 88.1 cm³/mol. The molecule has 10 nitrogen and oxygen atoms in total. The average molecular weight is 362 g/mol. The Morgan fingerprint density at radius 1 is 1.32 bits per heavy atom. The lowest BCUT2D eigenvalue weighted by Crippen LogP contribution is -2.08. The molecule has 3 aromatic heterocycles. The monoisotopic (exact) mass is 361 g/mol. The van der Waals surface area contributed by atoms with Gasteiger partial charge in [0.1, 0.15) is 12.0 Å². The molecule has 0 unspecified atom stereocenters. The van der Waals surface area contributed by atoms with Gasteiger partial charge in [-0.05, 0) is 0 Å². The Morgan fingerprint density at radius 2 is 2.12 bits per heavy atom. The van der Waals surface area contributed by atoms with Crippen molar-refractivity contribution in [3.8, 4) is 17.1 Å². The molecule has 128 valence electrons. The number of nitrogens with zero attached hydrogens (tertiary/aromatic N) is 6. The van der Waals surface area contributed by atoms with E-state index in [-0.39, 0.29) is 16.5 Å². The Bertz CT molecular complexity index is 944. The molecule has 2 N–H and O–H groups in total. The zero-order chi connectivity index (χ0) is 18.0. The van der Waals surface area contributed by atoms with Gasteiger partial charge in [-0.25, -0.2) is 9.78 Å². The van der Waals surface area contributed by atoms with Gasteiger partial charge in [0.2, 0.25) is 0 Å². The van der Waals surface area contributed by atoms with Crippen LogP contribution < -0.4 is 10.1 Å². The van der Waals surface area contributed by atoms with Crippen molar-refractivity contribution in [3.63, 3.8) is 0 Å². The summed E-state index contributed by atoms with van der Waals surface area (Å²) in [5, 5.41) is 23.5. The van der Waals surface area contributed by atoms with Crippen LogP contribution in [-0.4, -0.2) is 48.1 Å². The second kappa shape index (κ2) is 6.69. The van der Waals surface area contributed by atoms with E-state index in [4.69, 9.17) is 16.3 Å². The van der Waals surface area contributed by atoms with Gasteiger partial charge in [-0.3, -0.25) is 9.67 Å². The molecule has 0 radical (unpaired) electrons. The molecule has 0 saturated carbocycles. The summed E-state index contributed by atoms with van der Waals surface area (Å²) < 4.78 is 6.98. The fraction of sp³-hybridized carbons (Fsp3) is 0.143. The summed E-state index contributed by atoms with van der Waals surface area (Å²) in [4.78, 5) is 19.6. The topological polar surface area (TPSA) is 128 Å². The Morgan fingerprint density at radius 3 is 2.76 bits per heavy atom. The summed E-state index contributed by atoms with van der Waals surface area (Å²) in [7, 11) is 3.21. The molecule has 3 rings (SSSR count). The second-order valence-corrected chi connectivity index (χ2v) is 5.26. The van der Waals surface area contributed by atoms with Crippen LogP contribution in [-0.2, 0) is 7.05 Å². The smallest absolute Gasteiger partial charge is 0.358 e. The summed E-state index contributed by atoms with van der Waals surface area (Å²) in [6.45, 7) is 0. The van der Waals surface area contributed by atoms with E-state index in [0.717, 1.165) is 0 Å². The molecule has 0 saturated heterocycles. The van der Waals surface area contributed by atoms with Gasteiger partial charge >= 0.3 is 5.97 Å². The van der Waals surface area contributed by atoms with Crippen LogP contribution in [0.3, 0.4) is 0 Å². The van der Waals surface area contributed by atoms with Gasteiger partial charge in [-0.15, -0.1) is 10.2 Å². The van der Waals surface area contributed by atoms with Crippen molar-refractivity contribution < 1.29 is 14.6 Å². The molecule has 3 heterocycles. The summed E-state index contributed by atoms with van der Waals surface area (Å²) in [5.74, 6) is -0.438. The summed E-state index contributed by atoms with van der Waals surface area (Å²) in [5.41, 5.74) is 0.809. The molecule has 0 aliphatic rings. The van der Waals surface area contributed by atoms with Crippen molar-refractivity contribution in [1.82, 2.24) is 29.9 Å². The van der Waals surface area contributed by atoms with E-state index in [0.29, 0.717) is 22.8 Å². The highest BCUT2D eigenvalue weighted by molar-refractivity contribution is 6.29. The molecule has 25 heavy (non-hydrogen) atoms. The van der Waals surface area contributed by atoms with E-state index in [1.807, 2.05) is 0 Å². The van der Waals surface area contributed by atoms with Gasteiger partial charge in [0.05, 0.1) is 24.6 Å². The average Bonchev–Trinajstić information content (AvgIpc) is 3.00. The van der Waals surface area contributed by atoms with Gasteiger partial charge in [-0.1, -0.05) is 11.6 Å². The number of hydrogen-bond acceptors (Lipinski definition) is 8. The highest BCUT2D eigenvalue weighted by atomic mass is 35.5. The lowest BCUT2D eigenvalue weighted by Gasteiger charge is -2.14. The molecule has 11 heteroatoms. The lowest BCUT2D eigenvalue weighted by molar-refractivity contribution is 0.0690. The van der Waals surface area contributed by atoms with E-state index in [1.54, 1.807) is 24.3 Å². The van der Waals surface area contributed by atoms with Gasteiger partial charge in [0.25, 0.3) is 0 Å². The second-order valence-electron chi connectivity index (χ2n) is 4.87. The molecular formula is C14H12ClN7O3. The van der Waals surface area contributed by atoms with Gasteiger partial charge in [-0.2, -0.15) is 5.10 Å². The zero-order valence-corrected chi connectivity index (χ0v) is 13.9. The number of pyridine rings is 1. The number of methoxy groups -OCH3 is 1. The molecule has 0 aliphatic heterocycles. The number of aromatic carboxylic acids is 1. The maximum Gasteiger partial charge on any atom is 0.358 e. The van der Waals surface area contributed by atoms with Crippen molar-refractivity contribution in [2.45, 2.75) is 0 Å². The fourth-order valence-electron chi connectivity index (χ4n) is 2.15. The van der Waals surface area contributed by atoms with Crippen molar-refractivity contribution in [2.75, 3.05) is 12.4 Å². The predicted octanol–water partition coefficient (Wildman–Crippen LogP) is 1.77. The number of carboxylic acid groups (broad SMARTS) is 1. The third kappa shape index (κ3) is 3.33. The molecule has 0 amide bonds. The van der Waals surface area contributed by atoms with Crippen LogP contribution in [0.25, 0.3) is 11.4 Å². The minimum absolute atomic E-state index is 0.0435. The highest BCUT2D eigenvalue weighted by Gasteiger charge is 2.19. The Kier molecular flexibility index (Phi) is 4.44. The van der Waals surface area contributed by atoms with Crippen LogP contribution in [0.4, 0.5) is 11.4 Å². The first kappa shape index (κ1) is 16.6. The molecule has 0 aliphatic carbocycles. The number of aryl methyl sites for hydroxylation is 1. The molecule has 0 spiro atoms. The molecule has 3 aromatic rings. The van der Waals surface area contributed by atoms with Crippen molar-refractivity contribution >= 4 is 28.9 Å². The van der Waals surface area contributed by atoms with Crippen molar-refractivity contribution in [2.24, 2.45) is 7.05 Å². The molecular weight excluding hydrogens is 350 g/mol. The van der Waals surface area contributed by atoms with Crippen LogP contribution in [0, 0.1) is 0 Å². The minimum Gasteiger partial charge on any atom is -0.494 e. The Balaban J connectivity index is 2.07. The lowest BCUT2D eigenvalue weighted by atomic mass is 10.2. The number of anilines is 2. The van der Waals surface area contributed by atoms with Crippen LogP contribution >= 0.6 is 11.6 Å². The maximum atomic E-state index is 11.3. The van der Waals surface area contributed by atoms with E-state index < -0.39 is 5.97 Å². The van der Waals surface area contributed by atoms with Gasteiger partial charge in [0, 0.05) is 19.3 Å². The first-order valence-corrected chi connectivity index (χ1v) is 7.29. The first-order chi connectivity index (χ1) is 12.0. The normalized spacial score (nSPS) is 10.5. The first-order valence-electron chi connectivity index (χ1n) is 6.91. The quantitative estimate of drug-likeness (QED) is 0.698. The van der Waals surface area contributed by atoms with E-state index in [9.17, 15) is 9.90 Å². The number of ether oxygens (including phenoxy) is 1. The molecule has 0 fully saturated rings. The summed E-state index contributed by atoms with van der Waals surface area (Å²) in [6, 6.07) is 1.35. The number of nitrogens with one attached hydrogen (secondary N) is 1. The summed E-state index contributed by atoms with van der Waals surface area (Å²) in [6.07, 6.45) is 4.57. The van der Waals surface area contributed by atoms with E-state index in [2.05, 4.69) is 30.6 Å².